The Labute approximate surface area is 96.5 Å². The minimum absolute atomic E-state index is 0.0461. The summed E-state index contributed by atoms with van der Waals surface area (Å²) in [4.78, 5) is 0. The summed E-state index contributed by atoms with van der Waals surface area (Å²) in [6.45, 7) is -0.274. The van der Waals surface area contributed by atoms with Gasteiger partial charge in [-0.15, -0.1) is 0 Å². The minimum atomic E-state index is -2.83. The van der Waals surface area contributed by atoms with Crippen LogP contribution in [0.2, 0.25) is 0 Å². The minimum Gasteiger partial charge on any atom is -0.386 e. The molecular weight excluding hydrogens is 233 g/mol. The number of rotatable bonds is 5. The second-order valence-corrected chi connectivity index (χ2v) is 3.45. The predicted octanol–water partition coefficient (Wildman–Crippen LogP) is 1.41. The first-order valence-electron chi connectivity index (χ1n) is 4.90. The van der Waals surface area contributed by atoms with Gasteiger partial charge in [0.15, 0.2) is 0 Å². The van der Waals surface area contributed by atoms with Crippen LogP contribution in [0.25, 0.3) is 0 Å². The van der Waals surface area contributed by atoms with E-state index in [0.29, 0.717) is 5.56 Å². The van der Waals surface area contributed by atoms with Gasteiger partial charge in [0.1, 0.15) is 11.9 Å². The summed E-state index contributed by atoms with van der Waals surface area (Å²) in [5, 5.41) is 20.1. The Morgan fingerprint density at radius 3 is 2.71 bits per heavy atom. The zero-order valence-electron chi connectivity index (χ0n) is 8.83. The lowest BCUT2D eigenvalue weighted by Crippen LogP contribution is -2.31. The third kappa shape index (κ3) is 4.06. The van der Waals surface area contributed by atoms with Crippen molar-refractivity contribution in [3.63, 3.8) is 0 Å². The van der Waals surface area contributed by atoms with Gasteiger partial charge in [-0.3, -0.25) is 0 Å². The van der Waals surface area contributed by atoms with Crippen LogP contribution in [-0.4, -0.2) is 24.2 Å². The van der Waals surface area contributed by atoms with Crippen LogP contribution >= 0.6 is 0 Å². The second-order valence-electron chi connectivity index (χ2n) is 3.45. The van der Waals surface area contributed by atoms with Crippen LogP contribution in [-0.2, 0) is 6.54 Å². The number of nitriles is 1. The van der Waals surface area contributed by atoms with Crippen LogP contribution in [0.15, 0.2) is 18.2 Å². The molecule has 0 aliphatic carbocycles. The fourth-order valence-electron chi connectivity index (χ4n) is 1.26. The molecule has 1 aromatic carbocycles. The molecule has 6 heteroatoms. The number of aliphatic hydroxyl groups excluding tert-OH is 1. The van der Waals surface area contributed by atoms with E-state index in [2.05, 4.69) is 5.32 Å². The smallest absolute Gasteiger partial charge is 0.265 e. The van der Waals surface area contributed by atoms with Crippen LogP contribution < -0.4 is 5.32 Å². The fourth-order valence-corrected chi connectivity index (χ4v) is 1.26. The number of hydrogen-bond donors (Lipinski definition) is 2. The molecular formula is C11H11F3N2O. The number of nitrogens with zero attached hydrogens (tertiary/aromatic N) is 1. The third-order valence-electron chi connectivity index (χ3n) is 2.15. The Bertz CT molecular complexity index is 418. The van der Waals surface area contributed by atoms with Crippen molar-refractivity contribution in [1.29, 1.82) is 5.26 Å². The van der Waals surface area contributed by atoms with Gasteiger partial charge in [0.05, 0.1) is 11.6 Å². The average Bonchev–Trinajstić information content (AvgIpc) is 2.29. The number of alkyl halides is 2. The summed E-state index contributed by atoms with van der Waals surface area (Å²) in [5.74, 6) is -0.504. The monoisotopic (exact) mass is 244 g/mol. The first-order chi connectivity index (χ1) is 8.04. The van der Waals surface area contributed by atoms with Crippen molar-refractivity contribution in [1.82, 2.24) is 5.32 Å². The molecule has 1 rings (SSSR count). The molecule has 0 heterocycles. The van der Waals surface area contributed by atoms with E-state index in [0.717, 1.165) is 12.1 Å². The van der Waals surface area contributed by atoms with Crippen molar-refractivity contribution in [2.45, 2.75) is 19.1 Å². The number of aliphatic hydroxyl groups is 1. The Balaban J connectivity index is 2.57. The van der Waals surface area contributed by atoms with Crippen molar-refractivity contribution in [3.8, 4) is 6.07 Å². The van der Waals surface area contributed by atoms with Crippen molar-refractivity contribution in [2.75, 3.05) is 6.54 Å². The lowest BCUT2D eigenvalue weighted by atomic mass is 10.1. The molecule has 0 amide bonds. The highest BCUT2D eigenvalue weighted by Crippen LogP contribution is 2.10. The number of benzene rings is 1. The highest BCUT2D eigenvalue weighted by atomic mass is 19.3. The zero-order chi connectivity index (χ0) is 12.8. The van der Waals surface area contributed by atoms with Crippen LogP contribution in [0.4, 0.5) is 13.2 Å². The molecule has 1 unspecified atom stereocenters. The van der Waals surface area contributed by atoms with E-state index in [1.807, 2.05) is 6.07 Å². The predicted molar refractivity (Wildman–Crippen MR) is 54.8 cm³/mol. The van der Waals surface area contributed by atoms with Gasteiger partial charge in [-0.1, -0.05) is 0 Å². The Morgan fingerprint density at radius 1 is 1.41 bits per heavy atom. The first-order valence-corrected chi connectivity index (χ1v) is 4.90. The van der Waals surface area contributed by atoms with Crippen molar-refractivity contribution < 1.29 is 18.3 Å². The Hall–Kier alpha value is -1.58. The van der Waals surface area contributed by atoms with Gasteiger partial charge in [0, 0.05) is 13.1 Å². The van der Waals surface area contributed by atoms with E-state index in [9.17, 15) is 13.2 Å². The summed E-state index contributed by atoms with van der Waals surface area (Å²) < 4.78 is 36.8. The van der Waals surface area contributed by atoms with E-state index in [1.54, 1.807) is 0 Å². The molecule has 0 aromatic heterocycles. The summed E-state index contributed by atoms with van der Waals surface area (Å²) in [6.07, 6.45) is -4.60. The summed E-state index contributed by atoms with van der Waals surface area (Å²) in [7, 11) is 0. The van der Waals surface area contributed by atoms with E-state index in [4.69, 9.17) is 10.4 Å². The summed E-state index contributed by atoms with van der Waals surface area (Å²) >= 11 is 0. The van der Waals surface area contributed by atoms with Gasteiger partial charge >= 0.3 is 0 Å². The van der Waals surface area contributed by atoms with Gasteiger partial charge in [-0.25, -0.2) is 13.2 Å². The van der Waals surface area contributed by atoms with Crippen LogP contribution in [0.1, 0.15) is 11.1 Å². The molecule has 1 aromatic rings. The molecule has 0 fully saturated rings. The van der Waals surface area contributed by atoms with E-state index < -0.39 is 18.3 Å². The van der Waals surface area contributed by atoms with Gasteiger partial charge in [0.2, 0.25) is 0 Å². The number of nitrogens with one attached hydrogen (secondary N) is 1. The molecule has 0 spiro atoms. The lowest BCUT2D eigenvalue weighted by Gasteiger charge is -2.11. The maximum absolute atomic E-state index is 12.9. The van der Waals surface area contributed by atoms with E-state index in [1.165, 1.54) is 6.07 Å². The first kappa shape index (κ1) is 13.5. The standard InChI is InChI=1S/C11H11F3N2O/c12-9-2-1-7(4-15)8(3-9)5-16-6-10(17)11(13)14/h1-3,10-11,16-17H,5-6H2. The SMILES string of the molecule is N#Cc1ccc(F)cc1CNCC(O)C(F)F. The van der Waals surface area contributed by atoms with Crippen LogP contribution in [0.3, 0.4) is 0 Å². The van der Waals surface area contributed by atoms with Gasteiger partial charge in [-0.05, 0) is 23.8 Å². The molecule has 0 radical (unpaired) electrons. The zero-order valence-corrected chi connectivity index (χ0v) is 8.83. The van der Waals surface area contributed by atoms with Gasteiger partial charge in [0.25, 0.3) is 6.43 Å². The number of hydrogen-bond acceptors (Lipinski definition) is 3. The molecule has 0 aliphatic rings. The summed E-state index contributed by atoms with van der Waals surface area (Å²) in [6, 6.07) is 5.48. The number of halogens is 3. The fraction of sp³-hybridized carbons (Fsp3) is 0.364. The third-order valence-corrected chi connectivity index (χ3v) is 2.15. The molecule has 2 N–H and O–H groups in total. The topological polar surface area (TPSA) is 56.0 Å². The molecule has 3 nitrogen and oxygen atoms in total. The van der Waals surface area contributed by atoms with Crippen molar-refractivity contribution >= 4 is 0 Å². The van der Waals surface area contributed by atoms with Crippen molar-refractivity contribution in [2.24, 2.45) is 0 Å². The Kier molecular flexibility index (Phi) is 4.94. The maximum atomic E-state index is 12.9. The highest BCUT2D eigenvalue weighted by Gasteiger charge is 2.16. The maximum Gasteiger partial charge on any atom is 0.265 e. The van der Waals surface area contributed by atoms with Crippen molar-refractivity contribution in [3.05, 3.63) is 35.1 Å². The molecule has 17 heavy (non-hydrogen) atoms. The quantitative estimate of drug-likeness (QED) is 0.823. The van der Waals surface area contributed by atoms with E-state index >= 15 is 0 Å². The molecule has 0 bridgehead atoms. The Morgan fingerprint density at radius 2 is 2.12 bits per heavy atom. The normalized spacial score (nSPS) is 12.5. The summed E-state index contributed by atoms with van der Waals surface area (Å²) in [5.41, 5.74) is 0.638. The van der Waals surface area contributed by atoms with Crippen LogP contribution in [0, 0.1) is 17.1 Å². The van der Waals surface area contributed by atoms with Crippen LogP contribution in [0.5, 0.6) is 0 Å². The largest absolute Gasteiger partial charge is 0.386 e. The molecule has 92 valence electrons. The molecule has 0 saturated carbocycles. The second kappa shape index (κ2) is 6.23. The lowest BCUT2D eigenvalue weighted by molar-refractivity contribution is -0.00341. The average molecular weight is 244 g/mol. The molecule has 0 aliphatic heterocycles. The highest BCUT2D eigenvalue weighted by molar-refractivity contribution is 5.37. The molecule has 0 saturated heterocycles. The van der Waals surface area contributed by atoms with Gasteiger partial charge < -0.3 is 10.4 Å². The molecule has 1 atom stereocenters. The van der Waals surface area contributed by atoms with E-state index in [-0.39, 0.29) is 18.7 Å². The van der Waals surface area contributed by atoms with Gasteiger partial charge in [-0.2, -0.15) is 5.26 Å².